The molecule has 0 fully saturated rings. The van der Waals surface area contributed by atoms with Gasteiger partial charge in [0.1, 0.15) is 0 Å². The van der Waals surface area contributed by atoms with Crippen LogP contribution in [-0.4, -0.2) is 10.1 Å². The molecule has 0 saturated carbocycles. The first-order valence-corrected chi connectivity index (χ1v) is 6.42. The van der Waals surface area contributed by atoms with Crippen molar-refractivity contribution in [1.29, 1.82) is 0 Å². The van der Waals surface area contributed by atoms with Gasteiger partial charge in [-0.25, -0.2) is 0 Å². The molecule has 0 aliphatic rings. The number of aliphatic hydroxyl groups is 1. The summed E-state index contributed by atoms with van der Waals surface area (Å²) in [7, 11) is 0. The quantitative estimate of drug-likeness (QED) is 0.874. The highest BCUT2D eigenvalue weighted by molar-refractivity contribution is 7.10. The van der Waals surface area contributed by atoms with E-state index in [0.717, 1.165) is 23.5 Å². The monoisotopic (exact) mass is 248 g/mol. The number of hydrogen-bond acceptors (Lipinski definition) is 4. The molecule has 0 atom stereocenters. The molecule has 17 heavy (non-hydrogen) atoms. The van der Waals surface area contributed by atoms with E-state index in [9.17, 15) is 0 Å². The molecule has 0 amide bonds. The van der Waals surface area contributed by atoms with Gasteiger partial charge in [-0.1, -0.05) is 0 Å². The van der Waals surface area contributed by atoms with Crippen molar-refractivity contribution in [2.45, 2.75) is 27.0 Å². The van der Waals surface area contributed by atoms with Gasteiger partial charge in [0.15, 0.2) is 0 Å². The van der Waals surface area contributed by atoms with Gasteiger partial charge in [0.25, 0.3) is 0 Å². The normalized spacial score (nSPS) is 10.5. The SMILES string of the molecule is Cc1ccsc1CNc1ccnc(CO)c1C. The zero-order chi connectivity index (χ0) is 12.3. The number of aromatic nitrogens is 1. The van der Waals surface area contributed by atoms with Crippen LogP contribution in [0, 0.1) is 13.8 Å². The Morgan fingerprint density at radius 3 is 2.82 bits per heavy atom. The summed E-state index contributed by atoms with van der Waals surface area (Å²) < 4.78 is 0. The second-order valence-electron chi connectivity index (χ2n) is 3.97. The fourth-order valence-corrected chi connectivity index (χ4v) is 2.54. The topological polar surface area (TPSA) is 45.2 Å². The predicted molar refractivity (Wildman–Crippen MR) is 71.3 cm³/mol. The second kappa shape index (κ2) is 5.29. The van der Waals surface area contributed by atoms with E-state index in [4.69, 9.17) is 5.11 Å². The first-order valence-electron chi connectivity index (χ1n) is 5.54. The Bertz CT molecular complexity index is 508. The molecule has 0 bridgehead atoms. The highest BCUT2D eigenvalue weighted by Gasteiger charge is 2.05. The van der Waals surface area contributed by atoms with Gasteiger partial charge >= 0.3 is 0 Å². The van der Waals surface area contributed by atoms with Gasteiger partial charge < -0.3 is 10.4 Å². The molecule has 2 aromatic rings. The number of thiophene rings is 1. The van der Waals surface area contributed by atoms with E-state index in [0.29, 0.717) is 0 Å². The Labute approximate surface area is 105 Å². The molecule has 0 spiro atoms. The van der Waals surface area contributed by atoms with E-state index in [2.05, 4.69) is 28.7 Å². The maximum atomic E-state index is 9.15. The number of nitrogens with one attached hydrogen (secondary N) is 1. The van der Waals surface area contributed by atoms with Crippen molar-refractivity contribution < 1.29 is 5.11 Å². The Hall–Kier alpha value is -1.39. The lowest BCUT2D eigenvalue weighted by Crippen LogP contribution is -2.03. The number of nitrogens with zero attached hydrogens (tertiary/aromatic N) is 1. The van der Waals surface area contributed by atoms with Crippen LogP contribution in [0.3, 0.4) is 0 Å². The number of aryl methyl sites for hydroxylation is 1. The van der Waals surface area contributed by atoms with Gasteiger partial charge in [-0.05, 0) is 42.5 Å². The summed E-state index contributed by atoms with van der Waals surface area (Å²) >= 11 is 1.76. The van der Waals surface area contributed by atoms with Crippen LogP contribution in [0.25, 0.3) is 0 Å². The van der Waals surface area contributed by atoms with Gasteiger partial charge in [0.2, 0.25) is 0 Å². The molecule has 0 aliphatic heterocycles. The van der Waals surface area contributed by atoms with Crippen molar-refractivity contribution in [3.8, 4) is 0 Å². The van der Waals surface area contributed by atoms with E-state index in [1.165, 1.54) is 10.4 Å². The van der Waals surface area contributed by atoms with E-state index in [-0.39, 0.29) is 6.61 Å². The summed E-state index contributed by atoms with van der Waals surface area (Å²) in [4.78, 5) is 5.47. The number of pyridine rings is 1. The highest BCUT2D eigenvalue weighted by Crippen LogP contribution is 2.20. The van der Waals surface area contributed by atoms with Crippen LogP contribution in [0.5, 0.6) is 0 Å². The van der Waals surface area contributed by atoms with Crippen LogP contribution >= 0.6 is 11.3 Å². The summed E-state index contributed by atoms with van der Waals surface area (Å²) in [5.74, 6) is 0. The van der Waals surface area contributed by atoms with Crippen molar-refractivity contribution in [2.75, 3.05) is 5.32 Å². The number of hydrogen-bond donors (Lipinski definition) is 2. The number of anilines is 1. The summed E-state index contributed by atoms with van der Waals surface area (Å²) in [5.41, 5.74) is 4.11. The lowest BCUT2D eigenvalue weighted by Gasteiger charge is -2.11. The third-order valence-electron chi connectivity index (χ3n) is 2.87. The third-order valence-corrected chi connectivity index (χ3v) is 3.89. The van der Waals surface area contributed by atoms with Crippen molar-refractivity contribution in [2.24, 2.45) is 0 Å². The van der Waals surface area contributed by atoms with Crippen molar-refractivity contribution in [3.63, 3.8) is 0 Å². The summed E-state index contributed by atoms with van der Waals surface area (Å²) in [6, 6.07) is 4.07. The molecular weight excluding hydrogens is 232 g/mol. The Balaban J connectivity index is 2.12. The summed E-state index contributed by atoms with van der Waals surface area (Å²) in [6.45, 7) is 4.90. The van der Waals surface area contributed by atoms with Crippen molar-refractivity contribution in [1.82, 2.24) is 4.98 Å². The minimum atomic E-state index is -0.0145. The number of rotatable bonds is 4. The van der Waals surface area contributed by atoms with E-state index < -0.39 is 0 Å². The fourth-order valence-electron chi connectivity index (χ4n) is 1.69. The Morgan fingerprint density at radius 1 is 1.35 bits per heavy atom. The molecule has 2 N–H and O–H groups in total. The standard InChI is InChI=1S/C13H16N2OS/c1-9-4-6-17-13(9)7-15-11-3-5-14-12(8-16)10(11)2/h3-6,16H,7-8H2,1-2H3,(H,14,15). The highest BCUT2D eigenvalue weighted by atomic mass is 32.1. The minimum Gasteiger partial charge on any atom is -0.390 e. The van der Waals surface area contributed by atoms with Crippen LogP contribution < -0.4 is 5.32 Å². The maximum Gasteiger partial charge on any atom is 0.0856 e. The van der Waals surface area contributed by atoms with Gasteiger partial charge in [-0.2, -0.15) is 0 Å². The smallest absolute Gasteiger partial charge is 0.0856 e. The molecule has 0 aromatic carbocycles. The van der Waals surface area contributed by atoms with E-state index in [1.807, 2.05) is 13.0 Å². The van der Waals surface area contributed by atoms with E-state index in [1.54, 1.807) is 17.5 Å². The zero-order valence-corrected chi connectivity index (χ0v) is 10.8. The molecule has 0 unspecified atom stereocenters. The molecule has 2 aromatic heterocycles. The lowest BCUT2D eigenvalue weighted by atomic mass is 10.2. The first kappa shape index (κ1) is 12.1. The molecule has 0 saturated heterocycles. The Morgan fingerprint density at radius 2 is 2.18 bits per heavy atom. The molecule has 3 nitrogen and oxygen atoms in total. The largest absolute Gasteiger partial charge is 0.390 e. The van der Waals surface area contributed by atoms with Crippen LogP contribution in [0.1, 0.15) is 21.7 Å². The minimum absolute atomic E-state index is 0.0145. The van der Waals surface area contributed by atoms with E-state index >= 15 is 0 Å². The molecule has 2 heterocycles. The van der Waals surface area contributed by atoms with Gasteiger partial charge in [0, 0.05) is 23.3 Å². The molecular formula is C13H16N2OS. The number of aliphatic hydroxyl groups excluding tert-OH is 1. The van der Waals surface area contributed by atoms with Crippen LogP contribution in [-0.2, 0) is 13.2 Å². The van der Waals surface area contributed by atoms with Crippen molar-refractivity contribution >= 4 is 17.0 Å². The fraction of sp³-hybridized carbons (Fsp3) is 0.308. The summed E-state index contributed by atoms with van der Waals surface area (Å²) in [6.07, 6.45) is 1.72. The average Bonchev–Trinajstić information content (AvgIpc) is 2.74. The van der Waals surface area contributed by atoms with Gasteiger partial charge in [0.05, 0.1) is 12.3 Å². The first-order chi connectivity index (χ1) is 8.22. The average molecular weight is 248 g/mol. The zero-order valence-electron chi connectivity index (χ0n) is 10.0. The van der Waals surface area contributed by atoms with Gasteiger partial charge in [-0.15, -0.1) is 11.3 Å². The third kappa shape index (κ3) is 2.65. The Kier molecular flexibility index (Phi) is 3.76. The van der Waals surface area contributed by atoms with Crippen LogP contribution in [0.2, 0.25) is 0 Å². The molecule has 0 aliphatic carbocycles. The van der Waals surface area contributed by atoms with Crippen molar-refractivity contribution in [3.05, 3.63) is 45.4 Å². The maximum absolute atomic E-state index is 9.15. The lowest BCUT2D eigenvalue weighted by molar-refractivity contribution is 0.276. The molecule has 0 radical (unpaired) electrons. The van der Waals surface area contributed by atoms with Crippen LogP contribution in [0.4, 0.5) is 5.69 Å². The molecule has 90 valence electrons. The molecule has 4 heteroatoms. The predicted octanol–water partition coefficient (Wildman–Crippen LogP) is 2.86. The van der Waals surface area contributed by atoms with Gasteiger partial charge in [-0.3, -0.25) is 4.98 Å². The summed E-state index contributed by atoms with van der Waals surface area (Å²) in [5, 5.41) is 14.6. The molecule has 2 rings (SSSR count). The second-order valence-corrected chi connectivity index (χ2v) is 4.97. The van der Waals surface area contributed by atoms with Crippen LogP contribution in [0.15, 0.2) is 23.7 Å².